The van der Waals surface area contributed by atoms with Crippen LogP contribution in [-0.2, 0) is 14.0 Å². The number of piperidine rings is 1. The first kappa shape index (κ1) is 11.2. The average molecular weight is 404 g/mol. The molecule has 0 atom stereocenters. The van der Waals surface area contributed by atoms with Crippen LogP contribution in [0.15, 0.2) is 6.17 Å². The zero-order valence-electron chi connectivity index (χ0n) is 26.5. The van der Waals surface area contributed by atoms with Gasteiger partial charge in [-0.1, -0.05) is 0 Å². The Kier molecular flexibility index (Phi) is 2.91. The first-order valence-electron chi connectivity index (χ1n) is 13.6. The molecule has 2 aliphatic rings. The van der Waals surface area contributed by atoms with Crippen LogP contribution in [0.2, 0.25) is 0 Å². The number of aromatic nitrogens is 1. The molecule has 0 unspecified atom stereocenters. The molecule has 6 nitrogen and oxygen atoms in total. The second-order valence-corrected chi connectivity index (χ2v) is 9.28. The molecule has 1 aromatic heterocycles. The molecule has 0 bridgehead atoms. The van der Waals surface area contributed by atoms with E-state index in [1.165, 1.54) is 20.8 Å². The van der Waals surface area contributed by atoms with Crippen molar-refractivity contribution >= 4 is 29.3 Å². The minimum atomic E-state index is -3.58. The number of rotatable bonds is 2. The minimum Gasteiger partial charge on any atom is -0.444 e. The highest BCUT2D eigenvalue weighted by Gasteiger charge is 2.52. The molecule has 27 heavy (non-hydrogen) atoms. The highest BCUT2D eigenvalue weighted by Crippen LogP contribution is 2.37. The van der Waals surface area contributed by atoms with Gasteiger partial charge in [0.2, 0.25) is 0 Å². The monoisotopic (exact) mass is 404 g/mol. The molecular formula is C19H31BN2O4S. The number of amides is 1. The molecule has 0 saturated carbocycles. The summed E-state index contributed by atoms with van der Waals surface area (Å²) in [6.45, 7) is 4.18. The maximum absolute atomic E-state index is 12.9. The van der Waals surface area contributed by atoms with Gasteiger partial charge in [-0.15, -0.1) is 11.3 Å². The van der Waals surface area contributed by atoms with Gasteiger partial charge >= 0.3 is 13.2 Å². The summed E-state index contributed by atoms with van der Waals surface area (Å²) in [7, 11) is -1.15. The number of carbonyl (C=O) groups is 1. The van der Waals surface area contributed by atoms with Gasteiger partial charge in [-0.05, 0) is 61.2 Å². The molecular weight excluding hydrogens is 363 g/mol. The third-order valence-corrected chi connectivity index (χ3v) is 5.31. The third-order valence-electron chi connectivity index (χ3n) is 4.32. The van der Waals surface area contributed by atoms with E-state index in [9.17, 15) is 4.79 Å². The molecule has 3 rings (SSSR count). The molecule has 8 heteroatoms. The number of hydrogen-bond acceptors (Lipinski definition) is 6. The van der Waals surface area contributed by atoms with E-state index in [-0.39, 0.29) is 9.68 Å². The van der Waals surface area contributed by atoms with E-state index in [0.717, 1.165) is 0 Å². The molecule has 0 aromatic carbocycles. The molecule has 0 N–H and O–H groups in total. The van der Waals surface area contributed by atoms with E-state index >= 15 is 0 Å². The van der Waals surface area contributed by atoms with Gasteiger partial charge in [0, 0.05) is 37.4 Å². The number of carbonyl (C=O) groups excluding carboxylic acids is 1. The zero-order chi connectivity index (χ0) is 29.0. The standard InChI is InChI=1S/C19H31BN2O4S/c1-17(2,3)24-16(23)22-10-8-13(9-11-22)15-21-12-14(27-15)20-25-18(4,5)19(6,7)26-20/h12-13H,8-11H2,1-7H3/i8D2,9D2,10D2,11D2,12D,13D. The maximum atomic E-state index is 12.9. The molecule has 1 amide bonds. The van der Waals surface area contributed by atoms with Crippen LogP contribution in [0, 0.1) is 0 Å². The number of likely N-dealkylation sites (tertiary alicyclic amines) is 1. The summed E-state index contributed by atoms with van der Waals surface area (Å²) < 4.78 is 103. The first-order chi connectivity index (χ1) is 16.2. The Morgan fingerprint density at radius 3 is 2.44 bits per heavy atom. The summed E-state index contributed by atoms with van der Waals surface area (Å²) in [5.74, 6) is -3.35. The topological polar surface area (TPSA) is 60.9 Å². The molecule has 3 heterocycles. The van der Waals surface area contributed by atoms with Gasteiger partial charge in [0.15, 0.2) is 0 Å². The molecule has 2 fully saturated rings. The Labute approximate surface area is 180 Å². The number of ether oxygens (including phenoxy) is 1. The molecule has 1 aromatic rings. The Morgan fingerprint density at radius 1 is 1.37 bits per heavy atom. The van der Waals surface area contributed by atoms with Gasteiger partial charge in [0.05, 0.1) is 22.4 Å². The van der Waals surface area contributed by atoms with E-state index in [4.69, 9.17) is 27.8 Å². The van der Waals surface area contributed by atoms with E-state index in [1.54, 1.807) is 27.7 Å². The van der Waals surface area contributed by atoms with Crippen LogP contribution < -0.4 is 4.78 Å². The van der Waals surface area contributed by atoms with Crippen LogP contribution in [-0.4, -0.2) is 52.9 Å². The summed E-state index contributed by atoms with van der Waals surface area (Å²) >= 11 is 0.505. The van der Waals surface area contributed by atoms with Crippen molar-refractivity contribution in [2.24, 2.45) is 0 Å². The van der Waals surface area contributed by atoms with Crippen LogP contribution >= 0.6 is 11.3 Å². The van der Waals surface area contributed by atoms with Crippen LogP contribution in [0.3, 0.4) is 0 Å². The van der Waals surface area contributed by atoms with E-state index in [1.807, 2.05) is 0 Å². The quantitative estimate of drug-likeness (QED) is 0.706. The minimum absolute atomic E-state index is 0.0115. The summed E-state index contributed by atoms with van der Waals surface area (Å²) in [4.78, 5) is 16.5. The molecule has 0 radical (unpaired) electrons. The lowest BCUT2D eigenvalue weighted by Crippen LogP contribution is -2.41. The van der Waals surface area contributed by atoms with Crippen LogP contribution in [0.4, 0.5) is 4.79 Å². The summed E-state index contributed by atoms with van der Waals surface area (Å²) in [5.41, 5.74) is -2.86. The smallest absolute Gasteiger partial charge is 0.444 e. The van der Waals surface area contributed by atoms with Crippen molar-refractivity contribution in [2.45, 2.75) is 83.9 Å². The second kappa shape index (κ2) is 7.05. The predicted molar refractivity (Wildman–Crippen MR) is 108 cm³/mol. The Bertz CT molecular complexity index is 1060. The fourth-order valence-electron chi connectivity index (χ4n) is 2.20. The Balaban J connectivity index is 2.19. The van der Waals surface area contributed by atoms with Crippen molar-refractivity contribution in [1.82, 2.24) is 9.88 Å². The summed E-state index contributed by atoms with van der Waals surface area (Å²) in [6.07, 6.45) is -9.30. The van der Waals surface area contributed by atoms with E-state index in [2.05, 4.69) is 4.98 Å². The van der Waals surface area contributed by atoms with Crippen LogP contribution in [0.25, 0.3) is 0 Å². The van der Waals surface area contributed by atoms with Crippen molar-refractivity contribution in [3.8, 4) is 0 Å². The first-order valence-corrected chi connectivity index (χ1v) is 9.37. The number of thiazole rings is 1. The normalized spacial score (nSPS) is 37.0. The lowest BCUT2D eigenvalue weighted by atomic mass is 9.89. The molecule has 0 aliphatic carbocycles. The maximum Gasteiger partial charge on any atom is 0.507 e. The van der Waals surface area contributed by atoms with Gasteiger partial charge in [0.1, 0.15) is 5.60 Å². The Hall–Kier alpha value is -1.12. The van der Waals surface area contributed by atoms with Crippen molar-refractivity contribution in [2.75, 3.05) is 13.0 Å². The molecule has 0 spiro atoms. The van der Waals surface area contributed by atoms with Gasteiger partial charge in [0.25, 0.3) is 0 Å². The van der Waals surface area contributed by atoms with Crippen molar-refractivity contribution in [3.05, 3.63) is 11.2 Å². The van der Waals surface area contributed by atoms with Crippen LogP contribution in [0.5, 0.6) is 0 Å². The highest BCUT2D eigenvalue weighted by atomic mass is 32.1. The molecule has 150 valence electrons. The van der Waals surface area contributed by atoms with Crippen molar-refractivity contribution < 1.29 is 32.5 Å². The zero-order valence-corrected chi connectivity index (χ0v) is 17.3. The van der Waals surface area contributed by atoms with Gasteiger partial charge in [-0.25, -0.2) is 9.78 Å². The predicted octanol–water partition coefficient (Wildman–Crippen LogP) is 3.56. The lowest BCUT2D eigenvalue weighted by molar-refractivity contribution is 0.00578. The van der Waals surface area contributed by atoms with Gasteiger partial charge in [-0.3, -0.25) is 0 Å². The lowest BCUT2D eigenvalue weighted by Gasteiger charge is -2.32. The van der Waals surface area contributed by atoms with Crippen molar-refractivity contribution in [3.63, 3.8) is 0 Å². The third kappa shape index (κ3) is 4.49. The average Bonchev–Trinajstić information content (AvgIpc) is 3.14. The largest absolute Gasteiger partial charge is 0.507 e. The summed E-state index contributed by atoms with van der Waals surface area (Å²) in [5, 5.41) is -0.700. The highest BCUT2D eigenvalue weighted by molar-refractivity contribution is 7.22. The SMILES string of the molecule is [2H]c1nc(C2([2H])C([2H])([2H])C([2H])([2H])N(C(=O)OC(C)(C)C)C([2H])([2H])C2([2H])[2H])sc1B1OC(C)(C)C(C)(C)O1. The fourth-order valence-corrected chi connectivity index (χ4v) is 2.99. The number of hydrogen-bond donors (Lipinski definition) is 0. The fraction of sp³-hybridized carbons (Fsp3) is 0.789. The molecule has 2 saturated heterocycles. The van der Waals surface area contributed by atoms with E-state index in [0.29, 0.717) is 11.3 Å². The van der Waals surface area contributed by atoms with Crippen molar-refractivity contribution in [1.29, 1.82) is 0 Å². The van der Waals surface area contributed by atoms with Gasteiger partial charge < -0.3 is 18.9 Å². The number of nitrogens with zero attached hydrogens (tertiary/aromatic N) is 2. The second-order valence-electron chi connectivity index (χ2n) is 8.25. The van der Waals surface area contributed by atoms with Crippen LogP contribution in [0.1, 0.15) is 85.8 Å². The Morgan fingerprint density at radius 2 is 1.93 bits per heavy atom. The molecule has 2 aliphatic heterocycles. The van der Waals surface area contributed by atoms with E-state index < -0.39 is 72.8 Å². The summed E-state index contributed by atoms with van der Waals surface area (Å²) in [6, 6.07) is 0. The van der Waals surface area contributed by atoms with Gasteiger partial charge in [-0.2, -0.15) is 0 Å².